The third-order valence-corrected chi connectivity index (χ3v) is 3.82. The molecule has 1 N–H and O–H groups in total. The fourth-order valence-corrected chi connectivity index (χ4v) is 2.56. The van der Waals surface area contributed by atoms with Gasteiger partial charge in [-0.2, -0.15) is 0 Å². The van der Waals surface area contributed by atoms with E-state index < -0.39 is 0 Å². The number of aromatic nitrogens is 4. The van der Waals surface area contributed by atoms with E-state index in [4.69, 9.17) is 4.98 Å². The molecule has 0 spiro atoms. The molecule has 1 aromatic carbocycles. The van der Waals surface area contributed by atoms with Crippen LogP contribution in [0.1, 0.15) is 17.2 Å². The number of hydrogen-bond donors (Lipinski definition) is 1. The maximum atomic E-state index is 4.70. The van der Waals surface area contributed by atoms with Gasteiger partial charge in [-0.15, -0.1) is 0 Å². The van der Waals surface area contributed by atoms with E-state index in [1.165, 1.54) is 5.56 Å². The van der Waals surface area contributed by atoms with Crippen molar-refractivity contribution in [1.82, 2.24) is 24.4 Å². The Hall–Kier alpha value is -2.14. The van der Waals surface area contributed by atoms with Gasteiger partial charge in [-0.05, 0) is 25.6 Å². The zero-order chi connectivity index (χ0) is 14.8. The molecule has 0 radical (unpaired) electrons. The summed E-state index contributed by atoms with van der Waals surface area (Å²) in [6.45, 7) is 3.87. The Kier molecular flexibility index (Phi) is 3.75. The first kappa shape index (κ1) is 13.8. The third kappa shape index (κ3) is 2.97. The van der Waals surface area contributed by atoms with Crippen LogP contribution in [-0.2, 0) is 20.0 Å². The van der Waals surface area contributed by atoms with E-state index in [-0.39, 0.29) is 0 Å². The molecule has 0 saturated carbocycles. The van der Waals surface area contributed by atoms with Crippen LogP contribution in [0.15, 0.2) is 30.6 Å². The molecule has 110 valence electrons. The number of benzene rings is 1. The Balaban J connectivity index is 1.64. The normalized spacial score (nSPS) is 11.6. The van der Waals surface area contributed by atoms with Crippen molar-refractivity contribution in [2.45, 2.75) is 19.9 Å². The number of H-pyrrole nitrogens is 1. The maximum absolute atomic E-state index is 4.70. The van der Waals surface area contributed by atoms with Crippen LogP contribution < -0.4 is 0 Å². The summed E-state index contributed by atoms with van der Waals surface area (Å²) in [7, 11) is 4.15. The van der Waals surface area contributed by atoms with Gasteiger partial charge in [-0.1, -0.05) is 12.1 Å². The fourth-order valence-electron chi connectivity index (χ4n) is 2.56. The maximum Gasteiger partial charge on any atom is 0.121 e. The van der Waals surface area contributed by atoms with Gasteiger partial charge < -0.3 is 9.55 Å². The first-order valence-electron chi connectivity index (χ1n) is 7.22. The number of nitrogens with zero attached hydrogens (tertiary/aromatic N) is 4. The predicted molar refractivity (Wildman–Crippen MR) is 84.1 cm³/mol. The summed E-state index contributed by atoms with van der Waals surface area (Å²) in [6, 6.07) is 6.23. The first-order valence-corrected chi connectivity index (χ1v) is 7.22. The molecule has 3 aromatic rings. The van der Waals surface area contributed by atoms with Gasteiger partial charge >= 0.3 is 0 Å². The van der Waals surface area contributed by atoms with Crippen LogP contribution in [0.5, 0.6) is 0 Å². The molecule has 21 heavy (non-hydrogen) atoms. The van der Waals surface area contributed by atoms with E-state index in [0.717, 1.165) is 42.2 Å². The molecule has 0 unspecified atom stereocenters. The van der Waals surface area contributed by atoms with Crippen LogP contribution in [0.2, 0.25) is 0 Å². The first-order chi connectivity index (χ1) is 10.1. The minimum atomic E-state index is 0.818. The molecule has 5 nitrogen and oxygen atoms in total. The average Bonchev–Trinajstić information content (AvgIpc) is 3.03. The number of likely N-dealkylation sites (N-methyl/N-ethyl adjacent to an activating group) is 1. The van der Waals surface area contributed by atoms with Crippen molar-refractivity contribution in [3.63, 3.8) is 0 Å². The van der Waals surface area contributed by atoms with Gasteiger partial charge in [0.1, 0.15) is 11.6 Å². The van der Waals surface area contributed by atoms with Gasteiger partial charge in [-0.3, -0.25) is 4.90 Å². The van der Waals surface area contributed by atoms with Crippen molar-refractivity contribution in [3.8, 4) is 0 Å². The molecule has 0 atom stereocenters. The van der Waals surface area contributed by atoms with Crippen LogP contribution in [0.3, 0.4) is 0 Å². The second kappa shape index (κ2) is 5.69. The average molecular weight is 283 g/mol. The molecule has 0 saturated heterocycles. The van der Waals surface area contributed by atoms with Gasteiger partial charge in [0.25, 0.3) is 0 Å². The molecule has 0 fully saturated rings. The number of aryl methyl sites for hydroxylation is 2. The number of hydrogen-bond acceptors (Lipinski definition) is 3. The summed E-state index contributed by atoms with van der Waals surface area (Å²) in [5.74, 6) is 2.13. The molecule has 2 aromatic heterocycles. The second-order valence-electron chi connectivity index (χ2n) is 5.60. The van der Waals surface area contributed by atoms with Gasteiger partial charge in [0, 0.05) is 32.4 Å². The van der Waals surface area contributed by atoms with Crippen LogP contribution in [0, 0.1) is 6.92 Å². The highest BCUT2D eigenvalue weighted by molar-refractivity contribution is 5.78. The molecule has 0 amide bonds. The van der Waals surface area contributed by atoms with Crippen LogP contribution in [0.4, 0.5) is 0 Å². The van der Waals surface area contributed by atoms with Crippen molar-refractivity contribution < 1.29 is 0 Å². The molecule has 0 aliphatic rings. The number of rotatable bonds is 5. The molecule has 3 rings (SSSR count). The molecule has 0 aliphatic carbocycles. The Morgan fingerprint density at radius 2 is 2.19 bits per heavy atom. The lowest BCUT2D eigenvalue weighted by Gasteiger charge is -2.14. The molecule has 0 aliphatic heterocycles. The highest BCUT2D eigenvalue weighted by atomic mass is 15.1. The SMILES string of the molecule is Cc1cccc2[nH]c(CN(C)CCc3nccn3C)nc12. The highest BCUT2D eigenvalue weighted by Gasteiger charge is 2.08. The van der Waals surface area contributed by atoms with E-state index in [1.54, 1.807) is 0 Å². The lowest BCUT2D eigenvalue weighted by molar-refractivity contribution is 0.320. The van der Waals surface area contributed by atoms with E-state index in [9.17, 15) is 0 Å². The predicted octanol–water partition coefficient (Wildman–Crippen LogP) is 2.28. The summed E-state index contributed by atoms with van der Waals surface area (Å²) in [6.07, 6.45) is 4.77. The minimum Gasteiger partial charge on any atom is -0.341 e. The molecular formula is C16H21N5. The second-order valence-corrected chi connectivity index (χ2v) is 5.60. The number of nitrogens with one attached hydrogen (secondary N) is 1. The van der Waals surface area contributed by atoms with Crippen molar-refractivity contribution >= 4 is 11.0 Å². The van der Waals surface area contributed by atoms with E-state index >= 15 is 0 Å². The van der Waals surface area contributed by atoms with Crippen molar-refractivity contribution in [1.29, 1.82) is 0 Å². The molecule has 0 bridgehead atoms. The molecule has 5 heteroatoms. The fraction of sp³-hybridized carbons (Fsp3) is 0.375. The third-order valence-electron chi connectivity index (χ3n) is 3.82. The Bertz CT molecular complexity index is 740. The standard InChI is InChI=1S/C16H21N5/c1-12-5-4-6-13-16(12)19-14(18-13)11-20(2)9-7-15-17-8-10-21(15)3/h4-6,8,10H,7,9,11H2,1-3H3,(H,18,19). The van der Waals surface area contributed by atoms with Crippen LogP contribution in [-0.4, -0.2) is 38.0 Å². The lowest BCUT2D eigenvalue weighted by Crippen LogP contribution is -2.22. The quantitative estimate of drug-likeness (QED) is 0.781. The van der Waals surface area contributed by atoms with Gasteiger partial charge in [0.15, 0.2) is 0 Å². The highest BCUT2D eigenvalue weighted by Crippen LogP contribution is 2.16. The number of fused-ring (bicyclic) bond motifs is 1. The van der Waals surface area contributed by atoms with Crippen molar-refractivity contribution in [2.75, 3.05) is 13.6 Å². The summed E-state index contributed by atoms with van der Waals surface area (Å²) < 4.78 is 2.07. The van der Waals surface area contributed by atoms with Crippen molar-refractivity contribution in [3.05, 3.63) is 47.8 Å². The largest absolute Gasteiger partial charge is 0.341 e. The Morgan fingerprint density at radius 1 is 1.33 bits per heavy atom. The summed E-state index contributed by atoms with van der Waals surface area (Å²) in [5.41, 5.74) is 3.40. The van der Waals surface area contributed by atoms with Gasteiger partial charge in [0.2, 0.25) is 0 Å². The topological polar surface area (TPSA) is 49.7 Å². The number of para-hydroxylation sites is 1. The molecular weight excluding hydrogens is 262 g/mol. The smallest absolute Gasteiger partial charge is 0.121 e. The zero-order valence-electron chi connectivity index (χ0n) is 12.8. The number of aromatic amines is 1. The van der Waals surface area contributed by atoms with Crippen LogP contribution >= 0.6 is 0 Å². The van der Waals surface area contributed by atoms with Crippen LogP contribution in [0.25, 0.3) is 11.0 Å². The zero-order valence-corrected chi connectivity index (χ0v) is 12.8. The van der Waals surface area contributed by atoms with Crippen molar-refractivity contribution in [2.24, 2.45) is 7.05 Å². The number of imidazole rings is 2. The van der Waals surface area contributed by atoms with E-state index in [2.05, 4.69) is 51.6 Å². The Labute approximate surface area is 124 Å². The lowest BCUT2D eigenvalue weighted by atomic mass is 10.2. The summed E-state index contributed by atoms with van der Waals surface area (Å²) >= 11 is 0. The molecule has 2 heterocycles. The minimum absolute atomic E-state index is 0.818. The van der Waals surface area contributed by atoms with E-state index in [1.807, 2.05) is 19.4 Å². The summed E-state index contributed by atoms with van der Waals surface area (Å²) in [5, 5.41) is 0. The monoisotopic (exact) mass is 283 g/mol. The Morgan fingerprint density at radius 3 is 2.90 bits per heavy atom. The van der Waals surface area contributed by atoms with Gasteiger partial charge in [0.05, 0.1) is 17.6 Å². The van der Waals surface area contributed by atoms with E-state index in [0.29, 0.717) is 0 Å². The summed E-state index contributed by atoms with van der Waals surface area (Å²) in [4.78, 5) is 14.7. The van der Waals surface area contributed by atoms with Gasteiger partial charge in [-0.25, -0.2) is 9.97 Å².